The van der Waals surface area contributed by atoms with Gasteiger partial charge in [-0.05, 0) is 29.9 Å². The molecule has 1 aliphatic rings. The van der Waals surface area contributed by atoms with Crippen LogP contribution in [0.1, 0.15) is 43.4 Å². The zero-order valence-electron chi connectivity index (χ0n) is 9.79. The van der Waals surface area contributed by atoms with Gasteiger partial charge in [-0.1, -0.05) is 53.5 Å². The molecule has 0 aromatic heterocycles. The molecule has 1 aromatic carbocycles. The summed E-state index contributed by atoms with van der Waals surface area (Å²) in [5, 5.41) is 0.921. The van der Waals surface area contributed by atoms with Crippen LogP contribution in [0.15, 0.2) is 24.3 Å². The topological polar surface area (TPSA) is 9.23 Å². The van der Waals surface area contributed by atoms with Gasteiger partial charge in [0.05, 0.1) is 6.10 Å². The molecule has 2 heteroatoms. The molecule has 0 saturated carbocycles. The fourth-order valence-corrected chi connectivity index (χ4v) is 2.69. The van der Waals surface area contributed by atoms with Gasteiger partial charge in [0.25, 0.3) is 0 Å². The molecule has 1 nitrogen and oxygen atoms in total. The van der Waals surface area contributed by atoms with E-state index in [2.05, 4.69) is 47.1 Å². The van der Waals surface area contributed by atoms with Gasteiger partial charge < -0.3 is 4.74 Å². The van der Waals surface area contributed by atoms with Crippen molar-refractivity contribution in [3.05, 3.63) is 35.4 Å². The Balaban J connectivity index is 2.10. The normalized spacial score (nSPS) is 25.6. The first-order valence-electron chi connectivity index (χ1n) is 6.10. The molecule has 1 heterocycles. The molecule has 2 unspecified atom stereocenters. The van der Waals surface area contributed by atoms with Gasteiger partial charge in [-0.25, -0.2) is 0 Å². The molecule has 2 atom stereocenters. The Hall–Kier alpha value is -0.340. The molecule has 0 spiro atoms. The molecule has 0 aliphatic carbocycles. The summed E-state index contributed by atoms with van der Waals surface area (Å²) in [5.74, 6) is 0.839. The third-order valence-corrected chi connectivity index (χ3v) is 4.09. The molecule has 1 aromatic rings. The number of rotatable bonds is 3. The lowest BCUT2D eigenvalue weighted by atomic mass is 9.90. The van der Waals surface area contributed by atoms with Crippen molar-refractivity contribution in [2.24, 2.45) is 5.92 Å². The smallest absolute Gasteiger partial charge is 0.0827 e. The number of alkyl halides is 1. The van der Waals surface area contributed by atoms with E-state index >= 15 is 0 Å². The third kappa shape index (κ3) is 2.86. The Kier molecular flexibility index (Phi) is 4.42. The molecule has 0 N–H and O–H groups in total. The summed E-state index contributed by atoms with van der Waals surface area (Å²) in [6, 6.07) is 8.73. The average molecular weight is 283 g/mol. The van der Waals surface area contributed by atoms with E-state index in [0.717, 1.165) is 17.9 Å². The van der Waals surface area contributed by atoms with Crippen molar-refractivity contribution < 1.29 is 4.74 Å². The maximum absolute atomic E-state index is 5.88. The molecule has 16 heavy (non-hydrogen) atoms. The molecule has 0 bridgehead atoms. The second-order valence-electron chi connectivity index (χ2n) is 4.54. The fraction of sp³-hybridized carbons (Fsp3) is 0.571. The van der Waals surface area contributed by atoms with Crippen LogP contribution in [0.4, 0.5) is 0 Å². The molecule has 1 aliphatic heterocycles. The van der Waals surface area contributed by atoms with Crippen molar-refractivity contribution in [2.75, 3.05) is 6.61 Å². The lowest BCUT2D eigenvalue weighted by Gasteiger charge is -2.29. The van der Waals surface area contributed by atoms with Crippen LogP contribution in [0.25, 0.3) is 0 Å². The van der Waals surface area contributed by atoms with Gasteiger partial charge in [-0.2, -0.15) is 0 Å². The number of ether oxygens (including phenoxy) is 1. The average Bonchev–Trinajstić information content (AvgIpc) is 2.39. The summed E-state index contributed by atoms with van der Waals surface area (Å²) in [4.78, 5) is 0. The van der Waals surface area contributed by atoms with E-state index in [-0.39, 0.29) is 0 Å². The first-order chi connectivity index (χ1) is 7.83. The van der Waals surface area contributed by atoms with Crippen molar-refractivity contribution >= 4 is 15.9 Å². The Morgan fingerprint density at radius 2 is 2.31 bits per heavy atom. The zero-order chi connectivity index (χ0) is 11.4. The SMILES string of the molecule is CCC1CCOC(c2cccc(CBr)c2)C1. The Labute approximate surface area is 106 Å². The summed E-state index contributed by atoms with van der Waals surface area (Å²) in [6.45, 7) is 3.20. The molecular formula is C14H19BrO. The van der Waals surface area contributed by atoms with E-state index in [0.29, 0.717) is 6.10 Å². The van der Waals surface area contributed by atoms with Crippen LogP contribution in [0.3, 0.4) is 0 Å². The third-order valence-electron chi connectivity index (χ3n) is 3.45. The number of halogens is 1. The van der Waals surface area contributed by atoms with Crippen molar-refractivity contribution in [3.63, 3.8) is 0 Å². The van der Waals surface area contributed by atoms with Crippen LogP contribution in [0.5, 0.6) is 0 Å². The molecule has 0 radical (unpaired) electrons. The number of hydrogen-bond acceptors (Lipinski definition) is 1. The lowest BCUT2D eigenvalue weighted by Crippen LogP contribution is -2.19. The van der Waals surface area contributed by atoms with Crippen molar-refractivity contribution in [2.45, 2.75) is 37.6 Å². The number of benzene rings is 1. The van der Waals surface area contributed by atoms with Crippen molar-refractivity contribution in [1.29, 1.82) is 0 Å². The second kappa shape index (κ2) is 5.83. The maximum Gasteiger partial charge on any atom is 0.0827 e. The Morgan fingerprint density at radius 3 is 3.06 bits per heavy atom. The van der Waals surface area contributed by atoms with Crippen LogP contribution in [-0.2, 0) is 10.1 Å². The van der Waals surface area contributed by atoms with E-state index in [4.69, 9.17) is 4.74 Å². The van der Waals surface area contributed by atoms with Crippen LogP contribution in [0, 0.1) is 5.92 Å². The summed E-state index contributed by atoms with van der Waals surface area (Å²) >= 11 is 3.50. The van der Waals surface area contributed by atoms with E-state index < -0.39 is 0 Å². The Bertz CT molecular complexity index is 337. The highest BCUT2D eigenvalue weighted by molar-refractivity contribution is 9.08. The highest BCUT2D eigenvalue weighted by Gasteiger charge is 2.22. The molecule has 1 fully saturated rings. The highest BCUT2D eigenvalue weighted by Crippen LogP contribution is 2.33. The monoisotopic (exact) mass is 282 g/mol. The van der Waals surface area contributed by atoms with Crippen molar-refractivity contribution in [3.8, 4) is 0 Å². The van der Waals surface area contributed by atoms with Crippen LogP contribution < -0.4 is 0 Å². The first kappa shape index (κ1) is 12.1. The molecule has 88 valence electrons. The molecule has 1 saturated heterocycles. The van der Waals surface area contributed by atoms with E-state index in [1.165, 1.54) is 30.4 Å². The van der Waals surface area contributed by atoms with Crippen LogP contribution in [-0.4, -0.2) is 6.61 Å². The predicted molar refractivity (Wildman–Crippen MR) is 70.8 cm³/mol. The maximum atomic E-state index is 5.88. The zero-order valence-corrected chi connectivity index (χ0v) is 11.4. The van der Waals surface area contributed by atoms with E-state index in [9.17, 15) is 0 Å². The van der Waals surface area contributed by atoms with Gasteiger partial charge in [0.1, 0.15) is 0 Å². The minimum absolute atomic E-state index is 0.317. The first-order valence-corrected chi connectivity index (χ1v) is 7.22. The minimum Gasteiger partial charge on any atom is -0.374 e. The highest BCUT2D eigenvalue weighted by atomic mass is 79.9. The van der Waals surface area contributed by atoms with Gasteiger partial charge in [0, 0.05) is 11.9 Å². The minimum atomic E-state index is 0.317. The van der Waals surface area contributed by atoms with Crippen LogP contribution >= 0.6 is 15.9 Å². The van der Waals surface area contributed by atoms with Crippen LogP contribution in [0.2, 0.25) is 0 Å². The van der Waals surface area contributed by atoms with E-state index in [1.54, 1.807) is 0 Å². The fourth-order valence-electron chi connectivity index (χ4n) is 2.35. The van der Waals surface area contributed by atoms with Gasteiger partial charge >= 0.3 is 0 Å². The molecule has 2 rings (SSSR count). The summed E-state index contributed by atoms with van der Waals surface area (Å²) in [7, 11) is 0. The van der Waals surface area contributed by atoms with E-state index in [1.807, 2.05) is 0 Å². The van der Waals surface area contributed by atoms with Gasteiger partial charge in [-0.3, -0.25) is 0 Å². The summed E-state index contributed by atoms with van der Waals surface area (Å²) in [6.07, 6.45) is 4.00. The number of hydrogen-bond donors (Lipinski definition) is 0. The largest absolute Gasteiger partial charge is 0.374 e. The predicted octanol–water partition coefficient (Wildman–Crippen LogP) is 4.46. The van der Waals surface area contributed by atoms with Gasteiger partial charge in [0.15, 0.2) is 0 Å². The molecular weight excluding hydrogens is 264 g/mol. The standard InChI is InChI=1S/C14H19BrO/c1-2-11-6-7-16-14(9-11)13-5-3-4-12(8-13)10-15/h3-5,8,11,14H,2,6-7,9-10H2,1H3. The molecule has 0 amide bonds. The second-order valence-corrected chi connectivity index (χ2v) is 5.10. The summed E-state index contributed by atoms with van der Waals surface area (Å²) in [5.41, 5.74) is 2.68. The van der Waals surface area contributed by atoms with Gasteiger partial charge in [0.2, 0.25) is 0 Å². The summed E-state index contributed by atoms with van der Waals surface area (Å²) < 4.78 is 5.88. The lowest BCUT2D eigenvalue weighted by molar-refractivity contribution is -0.0110. The van der Waals surface area contributed by atoms with Gasteiger partial charge in [-0.15, -0.1) is 0 Å². The quantitative estimate of drug-likeness (QED) is 0.744. The van der Waals surface area contributed by atoms with Crippen molar-refractivity contribution in [1.82, 2.24) is 0 Å². The Morgan fingerprint density at radius 1 is 1.44 bits per heavy atom.